The Labute approximate surface area is 111 Å². The van der Waals surface area contributed by atoms with E-state index < -0.39 is 0 Å². The van der Waals surface area contributed by atoms with Gasteiger partial charge in [-0.25, -0.2) is 0 Å². The molecule has 1 rings (SSSR count). The molecule has 0 aliphatic rings. The number of rotatable bonds is 5. The molecule has 0 fully saturated rings. The van der Waals surface area contributed by atoms with E-state index >= 15 is 0 Å². The number of nitrogens with two attached hydrogens (primary N) is 1. The molecule has 3 N–H and O–H groups in total. The van der Waals surface area contributed by atoms with Crippen molar-refractivity contribution in [2.45, 2.75) is 25.2 Å². The van der Waals surface area contributed by atoms with Crippen molar-refractivity contribution in [3.63, 3.8) is 0 Å². The summed E-state index contributed by atoms with van der Waals surface area (Å²) >= 11 is 7.64. The average molecular weight is 273 g/mol. The maximum atomic E-state index is 8.73. The summed E-state index contributed by atoms with van der Waals surface area (Å²) in [4.78, 5) is 0.952. The average Bonchev–Trinajstić information content (AvgIpc) is 2.35. The minimum atomic E-state index is 0.119. The van der Waals surface area contributed by atoms with Crippen LogP contribution in [0.1, 0.15) is 25.8 Å². The molecule has 0 saturated heterocycles. The Morgan fingerprint density at radius 2 is 2.29 bits per heavy atom. The van der Waals surface area contributed by atoms with Crippen LogP contribution in [0.25, 0.3) is 0 Å². The number of nitrogens with zero attached hydrogens (tertiary/aromatic N) is 1. The highest BCUT2D eigenvalue weighted by atomic mass is 35.5. The van der Waals surface area contributed by atoms with E-state index in [9.17, 15) is 0 Å². The van der Waals surface area contributed by atoms with E-state index in [1.165, 1.54) is 0 Å². The maximum absolute atomic E-state index is 8.73. The molecule has 0 saturated carbocycles. The molecule has 1 aromatic rings. The van der Waals surface area contributed by atoms with Gasteiger partial charge in [0.15, 0.2) is 5.84 Å². The monoisotopic (exact) mass is 272 g/mol. The number of hydrogen-bond donors (Lipinski definition) is 2. The predicted octanol–water partition coefficient (Wildman–Crippen LogP) is 3.57. The Bertz CT molecular complexity index is 409. The van der Waals surface area contributed by atoms with E-state index in [-0.39, 0.29) is 5.84 Å². The summed E-state index contributed by atoms with van der Waals surface area (Å²) in [6.07, 6.45) is 1.13. The fourth-order valence-corrected chi connectivity index (χ4v) is 2.71. The van der Waals surface area contributed by atoms with Crippen molar-refractivity contribution < 1.29 is 5.21 Å². The van der Waals surface area contributed by atoms with Crippen LogP contribution in [0.3, 0.4) is 0 Å². The summed E-state index contributed by atoms with van der Waals surface area (Å²) < 4.78 is 0. The molecule has 5 heteroatoms. The van der Waals surface area contributed by atoms with E-state index in [4.69, 9.17) is 22.5 Å². The van der Waals surface area contributed by atoms with Crippen LogP contribution >= 0.6 is 23.4 Å². The molecule has 0 aromatic heterocycles. The molecule has 0 heterocycles. The van der Waals surface area contributed by atoms with Crippen molar-refractivity contribution in [3.05, 3.63) is 28.8 Å². The SMILES string of the molecule is CCC(C)CSc1cc(Cl)ccc1/C(N)=N/O. The number of hydrogen-bond acceptors (Lipinski definition) is 3. The Balaban J connectivity index is 2.91. The molecule has 3 nitrogen and oxygen atoms in total. The first-order valence-electron chi connectivity index (χ1n) is 5.48. The number of thioether (sulfide) groups is 1. The Morgan fingerprint density at radius 3 is 2.88 bits per heavy atom. The van der Waals surface area contributed by atoms with Crippen LogP contribution in [-0.2, 0) is 0 Å². The van der Waals surface area contributed by atoms with Crippen molar-refractivity contribution in [2.24, 2.45) is 16.8 Å². The van der Waals surface area contributed by atoms with Gasteiger partial charge in [0.2, 0.25) is 0 Å². The van der Waals surface area contributed by atoms with Gasteiger partial charge in [0, 0.05) is 21.2 Å². The van der Waals surface area contributed by atoms with Gasteiger partial charge in [-0.1, -0.05) is 37.0 Å². The molecule has 0 spiro atoms. The lowest BCUT2D eigenvalue weighted by Gasteiger charge is -2.11. The second-order valence-electron chi connectivity index (χ2n) is 3.95. The lowest BCUT2D eigenvalue weighted by molar-refractivity contribution is 0.318. The fraction of sp³-hybridized carbons (Fsp3) is 0.417. The molecule has 1 atom stereocenters. The van der Waals surface area contributed by atoms with Crippen LogP contribution in [0.4, 0.5) is 0 Å². The fourth-order valence-electron chi connectivity index (χ4n) is 1.23. The number of oxime groups is 1. The van der Waals surface area contributed by atoms with E-state index in [2.05, 4.69) is 19.0 Å². The van der Waals surface area contributed by atoms with Crippen LogP contribution < -0.4 is 5.73 Å². The highest BCUT2D eigenvalue weighted by Crippen LogP contribution is 2.28. The first kappa shape index (κ1) is 14.2. The highest BCUT2D eigenvalue weighted by Gasteiger charge is 2.09. The van der Waals surface area contributed by atoms with E-state index in [0.29, 0.717) is 10.9 Å². The van der Waals surface area contributed by atoms with Gasteiger partial charge in [-0.05, 0) is 24.1 Å². The smallest absolute Gasteiger partial charge is 0.171 e. The van der Waals surface area contributed by atoms with Crippen LogP contribution in [0.5, 0.6) is 0 Å². The molecule has 0 bridgehead atoms. The molecular formula is C12H17ClN2OS. The summed E-state index contributed by atoms with van der Waals surface area (Å²) in [5.74, 6) is 1.73. The van der Waals surface area contributed by atoms with E-state index in [1.807, 2.05) is 6.07 Å². The highest BCUT2D eigenvalue weighted by molar-refractivity contribution is 7.99. The maximum Gasteiger partial charge on any atom is 0.171 e. The van der Waals surface area contributed by atoms with Gasteiger partial charge in [0.1, 0.15) is 0 Å². The molecule has 94 valence electrons. The largest absolute Gasteiger partial charge is 0.409 e. The normalized spacial score (nSPS) is 13.7. The topological polar surface area (TPSA) is 58.6 Å². The summed E-state index contributed by atoms with van der Waals surface area (Å²) in [5, 5.41) is 12.4. The third kappa shape index (κ3) is 4.13. The quantitative estimate of drug-likeness (QED) is 0.283. The minimum Gasteiger partial charge on any atom is -0.409 e. The van der Waals surface area contributed by atoms with Crippen molar-refractivity contribution in [1.82, 2.24) is 0 Å². The zero-order valence-corrected chi connectivity index (χ0v) is 11.6. The molecule has 0 radical (unpaired) electrons. The van der Waals surface area contributed by atoms with Crippen molar-refractivity contribution >= 4 is 29.2 Å². The van der Waals surface area contributed by atoms with Crippen LogP contribution in [-0.4, -0.2) is 16.8 Å². The minimum absolute atomic E-state index is 0.119. The van der Waals surface area contributed by atoms with Gasteiger partial charge in [-0.2, -0.15) is 0 Å². The van der Waals surface area contributed by atoms with E-state index in [1.54, 1.807) is 23.9 Å². The second-order valence-corrected chi connectivity index (χ2v) is 5.45. The van der Waals surface area contributed by atoms with Gasteiger partial charge in [0.05, 0.1) is 0 Å². The molecule has 0 amide bonds. The predicted molar refractivity (Wildman–Crippen MR) is 74.1 cm³/mol. The summed E-state index contributed by atoms with van der Waals surface area (Å²) in [5.41, 5.74) is 6.35. The first-order chi connectivity index (χ1) is 8.08. The first-order valence-corrected chi connectivity index (χ1v) is 6.85. The van der Waals surface area contributed by atoms with Gasteiger partial charge in [0.25, 0.3) is 0 Å². The number of amidine groups is 1. The van der Waals surface area contributed by atoms with Crippen LogP contribution in [0.15, 0.2) is 28.3 Å². The van der Waals surface area contributed by atoms with Crippen molar-refractivity contribution in [3.8, 4) is 0 Å². The standard InChI is InChI=1S/C12H17ClN2OS/c1-3-8(2)7-17-11-6-9(13)4-5-10(11)12(14)15-16/h4-6,8,16H,3,7H2,1-2H3,(H2,14,15). The van der Waals surface area contributed by atoms with E-state index in [0.717, 1.165) is 22.6 Å². The van der Waals surface area contributed by atoms with Gasteiger partial charge >= 0.3 is 0 Å². The second kappa shape index (κ2) is 6.77. The zero-order valence-electron chi connectivity index (χ0n) is 9.98. The molecular weight excluding hydrogens is 256 g/mol. The van der Waals surface area contributed by atoms with Crippen LogP contribution in [0.2, 0.25) is 5.02 Å². The molecule has 1 unspecified atom stereocenters. The summed E-state index contributed by atoms with van der Waals surface area (Å²) in [7, 11) is 0. The Hall–Kier alpha value is -0.870. The van der Waals surface area contributed by atoms with Gasteiger partial charge in [-0.3, -0.25) is 0 Å². The summed E-state index contributed by atoms with van der Waals surface area (Å²) in [6.45, 7) is 4.36. The van der Waals surface area contributed by atoms with Gasteiger partial charge in [-0.15, -0.1) is 11.8 Å². The summed E-state index contributed by atoms with van der Waals surface area (Å²) in [6, 6.07) is 5.36. The van der Waals surface area contributed by atoms with Crippen molar-refractivity contribution in [2.75, 3.05) is 5.75 Å². The third-order valence-electron chi connectivity index (χ3n) is 2.55. The third-order valence-corrected chi connectivity index (χ3v) is 4.17. The number of halogens is 1. The lowest BCUT2D eigenvalue weighted by Crippen LogP contribution is -2.14. The lowest BCUT2D eigenvalue weighted by atomic mass is 10.2. The Kier molecular flexibility index (Phi) is 5.65. The zero-order chi connectivity index (χ0) is 12.8. The van der Waals surface area contributed by atoms with Gasteiger partial charge < -0.3 is 10.9 Å². The van der Waals surface area contributed by atoms with Crippen molar-refractivity contribution in [1.29, 1.82) is 0 Å². The Morgan fingerprint density at radius 1 is 1.59 bits per heavy atom. The molecule has 1 aromatic carbocycles. The molecule has 0 aliphatic heterocycles. The molecule has 17 heavy (non-hydrogen) atoms. The molecule has 0 aliphatic carbocycles. The number of benzene rings is 1. The van der Waals surface area contributed by atoms with Crippen LogP contribution in [0, 0.1) is 5.92 Å².